The van der Waals surface area contributed by atoms with Gasteiger partial charge in [0.15, 0.2) is 0 Å². The van der Waals surface area contributed by atoms with E-state index in [4.69, 9.17) is 29.8 Å². The Balaban J connectivity index is -0.0000000154. The van der Waals surface area contributed by atoms with Gasteiger partial charge in [-0.05, 0) is 0 Å². The van der Waals surface area contributed by atoms with Gasteiger partial charge in [-0.15, -0.1) is 0 Å². The maximum Gasteiger partial charge on any atom is 0.466 e. The molecular weight excluding hydrogens is 169 g/mol. The number of phosphoric acid groups is 1. The van der Waals surface area contributed by atoms with Crippen LogP contribution in [-0.4, -0.2) is 25.2 Å². The topological polar surface area (TPSA) is 223 Å². The third kappa shape index (κ3) is 46600. The van der Waals surface area contributed by atoms with Crippen LogP contribution < -0.4 is 18.5 Å². The first-order valence-electron chi connectivity index (χ1n) is 0.983. The fraction of sp³-hybridized carbons (Fsp3) is 0. The molecule has 0 spiro atoms. The van der Waals surface area contributed by atoms with Crippen LogP contribution in [-0.2, 0) is 4.57 Å². The Morgan fingerprint density at radius 1 is 0.800 bits per heavy atom. The van der Waals surface area contributed by atoms with E-state index in [1.54, 1.807) is 0 Å². The molecule has 0 aliphatic carbocycles. The van der Waals surface area contributed by atoms with Crippen LogP contribution in [0, 0.1) is 0 Å². The normalized spacial score (nSPS) is 6.50. The Kier molecular flexibility index (Phi) is 52.1. The Morgan fingerprint density at radius 3 is 0.800 bits per heavy atom. The highest BCUT2D eigenvalue weighted by atomic mass is 31.2. The fourth-order valence-electron chi connectivity index (χ4n) is 0. The minimum absolute atomic E-state index is 0. The van der Waals surface area contributed by atoms with E-state index in [2.05, 4.69) is 0 Å². The van der Waals surface area contributed by atoms with Crippen LogP contribution in [0.4, 0.5) is 0 Å². The average molecular weight is 183 g/mol. The largest absolute Gasteiger partial charge is 0.466 e. The van der Waals surface area contributed by atoms with E-state index in [0.29, 0.717) is 0 Å². The summed E-state index contributed by atoms with van der Waals surface area (Å²) in [4.78, 5) is 21.6. The summed E-state index contributed by atoms with van der Waals surface area (Å²) in [6.45, 7) is 0. The second-order valence-electron chi connectivity index (χ2n) is 0.513. The van der Waals surface area contributed by atoms with Crippen LogP contribution in [0.1, 0.15) is 0 Å². The predicted octanol–water partition coefficient (Wildman–Crippen LogP) is -0.425. The molecule has 0 saturated carbocycles. The van der Waals surface area contributed by atoms with Crippen molar-refractivity contribution in [3.8, 4) is 0 Å². The molecule has 0 radical (unpaired) electrons. The van der Waals surface area contributed by atoms with Gasteiger partial charge in [0.1, 0.15) is 0 Å². The lowest BCUT2D eigenvalue weighted by Gasteiger charge is -1.82. The van der Waals surface area contributed by atoms with Gasteiger partial charge in [-0.2, -0.15) is 0 Å². The summed E-state index contributed by atoms with van der Waals surface area (Å²) in [5.41, 5.74) is 0. The molecule has 9 nitrogen and oxygen atoms in total. The van der Waals surface area contributed by atoms with Gasteiger partial charge >= 0.3 is 7.82 Å². The molecule has 0 atom stereocenters. The summed E-state index contributed by atoms with van der Waals surface area (Å²) in [6.07, 6.45) is 0. The molecule has 0 amide bonds. The lowest BCUT2D eigenvalue weighted by atomic mass is 14.0. The first-order chi connectivity index (χ1) is 3.00. The lowest BCUT2D eigenvalue weighted by molar-refractivity contribution is -0.176. The van der Waals surface area contributed by atoms with E-state index in [1.807, 2.05) is 0 Å². The molecule has 0 aromatic carbocycles. The fourth-order valence-corrected chi connectivity index (χ4v) is 0. The third-order valence-corrected chi connectivity index (χ3v) is 0. The third-order valence-electron chi connectivity index (χ3n) is 0. The van der Waals surface area contributed by atoms with Crippen LogP contribution in [0.5, 0.6) is 0 Å². The van der Waals surface area contributed by atoms with Gasteiger partial charge in [-0.1, -0.05) is 0 Å². The van der Waals surface area contributed by atoms with Crippen molar-refractivity contribution in [2.45, 2.75) is 0 Å². The molecule has 10 heteroatoms. The molecule has 0 aromatic rings. The molecule has 0 fully saturated rings. The van der Waals surface area contributed by atoms with Crippen LogP contribution >= 0.6 is 7.82 Å². The summed E-state index contributed by atoms with van der Waals surface area (Å²) in [7, 11) is -4.64. The summed E-state index contributed by atoms with van der Waals surface area (Å²) in [5.74, 6) is 0. The van der Waals surface area contributed by atoms with Crippen LogP contribution in [0.2, 0.25) is 0 Å². The SMILES string of the molecule is N.N.N.O=P(O)(O)O.OO. The highest BCUT2D eigenvalue weighted by Gasteiger charge is 2.00. The van der Waals surface area contributed by atoms with E-state index in [9.17, 15) is 0 Å². The maximum absolute atomic E-state index is 8.88. The zero-order valence-corrected chi connectivity index (χ0v) is 6.11. The van der Waals surface area contributed by atoms with Gasteiger partial charge in [-0.3, -0.25) is 10.5 Å². The quantitative estimate of drug-likeness (QED) is 0.138. The zero-order chi connectivity index (χ0) is 6.50. The van der Waals surface area contributed by atoms with Crippen molar-refractivity contribution in [3.05, 3.63) is 0 Å². The summed E-state index contributed by atoms with van der Waals surface area (Å²) < 4.78 is 8.88. The van der Waals surface area contributed by atoms with Crippen molar-refractivity contribution < 1.29 is 29.8 Å². The Hall–Kier alpha value is -0.0900. The van der Waals surface area contributed by atoms with E-state index in [-0.39, 0.29) is 18.5 Å². The summed E-state index contributed by atoms with van der Waals surface area (Å²) >= 11 is 0. The van der Waals surface area contributed by atoms with Crippen molar-refractivity contribution in [1.82, 2.24) is 18.5 Å². The van der Waals surface area contributed by atoms with Crippen molar-refractivity contribution in [3.63, 3.8) is 0 Å². The number of rotatable bonds is 0. The maximum atomic E-state index is 8.88. The van der Waals surface area contributed by atoms with E-state index in [1.165, 1.54) is 0 Å². The second-order valence-corrected chi connectivity index (χ2v) is 1.54. The Labute approximate surface area is 57.2 Å². The van der Waals surface area contributed by atoms with Crippen LogP contribution in [0.3, 0.4) is 0 Å². The Bertz CT molecular complexity index is 59.1. The van der Waals surface area contributed by atoms with E-state index in [0.717, 1.165) is 0 Å². The molecule has 0 rings (SSSR count). The first-order valence-corrected chi connectivity index (χ1v) is 2.55. The van der Waals surface area contributed by atoms with Gasteiger partial charge in [-0.25, -0.2) is 4.57 Å². The minimum atomic E-state index is -4.64. The molecule has 0 aliphatic heterocycles. The minimum Gasteiger partial charge on any atom is -0.344 e. The van der Waals surface area contributed by atoms with Gasteiger partial charge in [0, 0.05) is 0 Å². The van der Waals surface area contributed by atoms with Crippen molar-refractivity contribution in [2.24, 2.45) is 0 Å². The molecule has 0 aliphatic rings. The van der Waals surface area contributed by atoms with Crippen molar-refractivity contribution in [2.75, 3.05) is 0 Å². The molecule has 10 heavy (non-hydrogen) atoms. The molecular formula is H14N3O6P. The van der Waals surface area contributed by atoms with Gasteiger partial charge in [0.2, 0.25) is 0 Å². The van der Waals surface area contributed by atoms with Crippen molar-refractivity contribution >= 4 is 7.82 Å². The first kappa shape index (κ1) is 32.6. The molecule has 0 bridgehead atoms. The predicted molar refractivity (Wildman–Crippen MR) is 34.6 cm³/mol. The molecule has 0 saturated heterocycles. The molecule has 70 valence electrons. The van der Waals surface area contributed by atoms with Gasteiger partial charge in [0.05, 0.1) is 0 Å². The standard InChI is InChI=1S/3H3N.H3O4P.H2O2/c;;;1-5(2,3)4;1-2/h3*1H3;(H3,1,2,3,4);1-2H. The smallest absolute Gasteiger partial charge is 0.344 e. The van der Waals surface area contributed by atoms with Crippen LogP contribution in [0.15, 0.2) is 0 Å². The summed E-state index contributed by atoms with van der Waals surface area (Å²) in [5, 5.41) is 12.0. The number of hydrogen-bond donors (Lipinski definition) is 8. The molecule has 0 unspecified atom stereocenters. The van der Waals surface area contributed by atoms with E-state index < -0.39 is 7.82 Å². The number of hydrogen-bond acceptors (Lipinski definition) is 6. The Morgan fingerprint density at radius 2 is 0.800 bits per heavy atom. The highest BCUT2D eigenvalue weighted by Crippen LogP contribution is 2.25. The summed E-state index contributed by atoms with van der Waals surface area (Å²) in [6, 6.07) is 0. The van der Waals surface area contributed by atoms with Crippen molar-refractivity contribution in [1.29, 1.82) is 0 Å². The monoisotopic (exact) mass is 183 g/mol. The van der Waals surface area contributed by atoms with E-state index >= 15 is 0 Å². The zero-order valence-electron chi connectivity index (χ0n) is 5.21. The molecule has 0 aromatic heterocycles. The molecule has 14 N–H and O–H groups in total. The molecule has 0 heterocycles. The van der Waals surface area contributed by atoms with Crippen LogP contribution in [0.25, 0.3) is 0 Å². The van der Waals surface area contributed by atoms with Gasteiger partial charge in [0.25, 0.3) is 0 Å². The lowest BCUT2D eigenvalue weighted by Crippen LogP contribution is -1.66. The second kappa shape index (κ2) is 16.0. The average Bonchev–Trinajstić information content (AvgIpc) is 1.36. The highest BCUT2D eigenvalue weighted by molar-refractivity contribution is 7.45. The van der Waals surface area contributed by atoms with Gasteiger partial charge < -0.3 is 33.1 Å².